The van der Waals surface area contributed by atoms with E-state index >= 15 is 0 Å². The van der Waals surface area contributed by atoms with Gasteiger partial charge in [0.25, 0.3) is 0 Å². The molecule has 0 amide bonds. The highest BCUT2D eigenvalue weighted by Crippen LogP contribution is 2.26. The van der Waals surface area contributed by atoms with Gasteiger partial charge in [-0.2, -0.15) is 0 Å². The number of rotatable bonds is 4. The molecule has 0 aromatic heterocycles. The second-order valence-corrected chi connectivity index (χ2v) is 4.66. The van der Waals surface area contributed by atoms with Crippen LogP contribution >= 0.6 is 0 Å². The summed E-state index contributed by atoms with van der Waals surface area (Å²) >= 11 is -1.77. The Morgan fingerprint density at radius 3 is 2.72 bits per heavy atom. The van der Waals surface area contributed by atoms with Gasteiger partial charge in [-0.1, -0.05) is 6.07 Å². The molecular formula is C11H11NO5S. The monoisotopic (exact) mass is 269 g/mol. The molecule has 0 radical (unpaired) electrons. The lowest BCUT2D eigenvalue weighted by Gasteiger charge is -2.06. The molecule has 7 heteroatoms. The molecule has 0 spiro atoms. The number of nitro benzene ring substituents is 1. The number of benzene rings is 1. The van der Waals surface area contributed by atoms with Crippen LogP contribution < -0.4 is 0 Å². The summed E-state index contributed by atoms with van der Waals surface area (Å²) in [4.78, 5) is 21.1. The van der Waals surface area contributed by atoms with Crippen molar-refractivity contribution >= 4 is 22.8 Å². The lowest BCUT2D eigenvalue weighted by molar-refractivity contribution is -0.387. The summed E-state index contributed by atoms with van der Waals surface area (Å²) in [7, 11) is 1.19. The number of hydrogen-bond donors (Lipinski definition) is 0. The molecule has 0 saturated heterocycles. The molecular weight excluding hydrogens is 258 g/mol. The van der Waals surface area contributed by atoms with E-state index in [-0.39, 0.29) is 10.6 Å². The Balaban J connectivity index is 3.07. The molecule has 0 N–H and O–H groups in total. The largest absolute Gasteiger partial charge is 0.607 e. The zero-order chi connectivity index (χ0) is 13.7. The van der Waals surface area contributed by atoms with Gasteiger partial charge in [-0.25, -0.2) is 4.79 Å². The van der Waals surface area contributed by atoms with E-state index in [0.29, 0.717) is 0 Å². The standard InChI is InChI=1S/C11H11NO5S/c1-8-3-4-9(12(14)15)10(7-8)18(16)6-5-11(13)17-2/h3-7H,1-2H3/b6-5+. The summed E-state index contributed by atoms with van der Waals surface area (Å²) in [5, 5.41) is 11.9. The molecule has 0 heterocycles. The number of esters is 1. The normalized spacial score (nSPS) is 12.4. The number of carbonyl (C=O) groups excluding carboxylic acids is 1. The third-order valence-electron chi connectivity index (χ3n) is 2.06. The number of hydrogen-bond acceptors (Lipinski definition) is 5. The van der Waals surface area contributed by atoms with Crippen molar-refractivity contribution in [2.45, 2.75) is 11.8 Å². The van der Waals surface area contributed by atoms with Crippen molar-refractivity contribution in [2.24, 2.45) is 0 Å². The van der Waals surface area contributed by atoms with Crippen molar-refractivity contribution in [3.8, 4) is 0 Å². The summed E-state index contributed by atoms with van der Waals surface area (Å²) in [6, 6.07) is 4.30. The molecule has 0 saturated carbocycles. The van der Waals surface area contributed by atoms with E-state index in [1.807, 2.05) is 0 Å². The Hall–Kier alpha value is -1.86. The van der Waals surface area contributed by atoms with Gasteiger partial charge in [0.1, 0.15) is 5.41 Å². The lowest BCUT2D eigenvalue weighted by Crippen LogP contribution is -2.04. The van der Waals surface area contributed by atoms with Crippen molar-refractivity contribution in [3.63, 3.8) is 0 Å². The first-order chi connectivity index (χ1) is 8.45. The molecule has 96 valence electrons. The number of nitrogens with zero attached hydrogens (tertiary/aromatic N) is 1. The molecule has 0 aliphatic rings. The van der Waals surface area contributed by atoms with Crippen molar-refractivity contribution < 1.29 is 19.0 Å². The van der Waals surface area contributed by atoms with Crippen LogP contribution in [0.25, 0.3) is 0 Å². The Kier molecular flexibility index (Phi) is 4.87. The number of nitro groups is 1. The van der Waals surface area contributed by atoms with Gasteiger partial charge in [0.2, 0.25) is 4.90 Å². The van der Waals surface area contributed by atoms with Crippen molar-refractivity contribution in [1.82, 2.24) is 0 Å². The second-order valence-electron chi connectivity index (χ2n) is 3.35. The highest BCUT2D eigenvalue weighted by atomic mass is 32.2. The van der Waals surface area contributed by atoms with Crippen LogP contribution in [0.5, 0.6) is 0 Å². The minimum Gasteiger partial charge on any atom is -0.607 e. The number of methoxy groups -OCH3 is 1. The Morgan fingerprint density at radius 1 is 1.50 bits per heavy atom. The molecule has 6 nitrogen and oxygen atoms in total. The fourth-order valence-electron chi connectivity index (χ4n) is 1.19. The molecule has 1 unspecified atom stereocenters. The van der Waals surface area contributed by atoms with Gasteiger partial charge in [-0.15, -0.1) is 0 Å². The number of ether oxygens (including phenoxy) is 1. The van der Waals surface area contributed by atoms with Crippen LogP contribution in [0.4, 0.5) is 5.69 Å². The Labute approximate surface area is 107 Å². The Morgan fingerprint density at radius 2 is 2.17 bits per heavy atom. The molecule has 1 aromatic rings. The first kappa shape index (κ1) is 14.2. The third kappa shape index (κ3) is 3.57. The van der Waals surface area contributed by atoms with E-state index in [9.17, 15) is 19.5 Å². The van der Waals surface area contributed by atoms with Gasteiger partial charge in [-0.05, 0) is 12.5 Å². The van der Waals surface area contributed by atoms with Gasteiger partial charge in [0, 0.05) is 23.3 Å². The summed E-state index contributed by atoms with van der Waals surface area (Å²) in [6.07, 6.45) is 0.974. The zero-order valence-corrected chi connectivity index (χ0v) is 10.6. The van der Waals surface area contributed by atoms with Crippen LogP contribution in [0.3, 0.4) is 0 Å². The Bertz CT molecular complexity index is 500. The molecule has 1 atom stereocenters. The first-order valence-electron chi connectivity index (χ1n) is 4.87. The molecule has 1 aromatic carbocycles. The topological polar surface area (TPSA) is 92.5 Å². The molecule has 0 aliphatic heterocycles. The summed E-state index contributed by atoms with van der Waals surface area (Å²) in [5.74, 6) is -0.668. The minimum absolute atomic E-state index is 0.0557. The van der Waals surface area contributed by atoms with E-state index in [1.54, 1.807) is 13.0 Å². The van der Waals surface area contributed by atoms with Crippen LogP contribution in [0.15, 0.2) is 34.6 Å². The van der Waals surface area contributed by atoms with Crippen LogP contribution in [0.1, 0.15) is 5.56 Å². The van der Waals surface area contributed by atoms with Crippen LogP contribution in [-0.4, -0.2) is 22.6 Å². The maximum atomic E-state index is 11.9. The number of carbonyl (C=O) groups is 1. The van der Waals surface area contributed by atoms with E-state index < -0.39 is 22.1 Å². The molecule has 0 fully saturated rings. The summed E-state index contributed by atoms with van der Waals surface area (Å²) < 4.78 is 16.2. The highest BCUT2D eigenvalue weighted by Gasteiger charge is 2.23. The van der Waals surface area contributed by atoms with Crippen molar-refractivity contribution in [1.29, 1.82) is 0 Å². The van der Waals surface area contributed by atoms with E-state index in [0.717, 1.165) is 17.0 Å². The maximum Gasteiger partial charge on any atom is 0.334 e. The fraction of sp³-hybridized carbons (Fsp3) is 0.182. The summed E-state index contributed by atoms with van der Waals surface area (Å²) in [5.41, 5.74) is 0.504. The highest BCUT2D eigenvalue weighted by molar-refractivity contribution is 7.94. The fourth-order valence-corrected chi connectivity index (χ4v) is 2.22. The predicted molar refractivity (Wildman–Crippen MR) is 65.4 cm³/mol. The van der Waals surface area contributed by atoms with E-state index in [4.69, 9.17) is 0 Å². The smallest absolute Gasteiger partial charge is 0.334 e. The SMILES string of the molecule is COC(=O)/C=C/[S+]([O-])c1cc(C)ccc1[N+](=O)[O-]. The predicted octanol–water partition coefficient (Wildman–Crippen LogP) is 1.70. The van der Waals surface area contributed by atoms with Gasteiger partial charge >= 0.3 is 11.7 Å². The van der Waals surface area contributed by atoms with Gasteiger partial charge in [0.15, 0.2) is 0 Å². The quantitative estimate of drug-likeness (QED) is 0.273. The maximum absolute atomic E-state index is 11.9. The van der Waals surface area contributed by atoms with Crippen LogP contribution in [0, 0.1) is 17.0 Å². The molecule has 0 bridgehead atoms. The van der Waals surface area contributed by atoms with Gasteiger partial charge in [0.05, 0.1) is 18.1 Å². The molecule has 1 rings (SSSR count). The average Bonchev–Trinajstić information content (AvgIpc) is 2.34. The van der Waals surface area contributed by atoms with E-state index in [2.05, 4.69) is 4.74 Å². The van der Waals surface area contributed by atoms with Gasteiger partial charge < -0.3 is 9.29 Å². The lowest BCUT2D eigenvalue weighted by atomic mass is 10.2. The first-order valence-corrected chi connectivity index (χ1v) is 6.08. The van der Waals surface area contributed by atoms with Crippen LogP contribution in [0.2, 0.25) is 0 Å². The van der Waals surface area contributed by atoms with Crippen LogP contribution in [-0.2, 0) is 20.7 Å². The zero-order valence-electron chi connectivity index (χ0n) is 9.78. The summed E-state index contributed by atoms with van der Waals surface area (Å²) in [6.45, 7) is 1.73. The van der Waals surface area contributed by atoms with Crippen molar-refractivity contribution in [3.05, 3.63) is 45.4 Å². The van der Waals surface area contributed by atoms with Gasteiger partial charge in [-0.3, -0.25) is 10.1 Å². The van der Waals surface area contributed by atoms with Crippen molar-refractivity contribution in [2.75, 3.05) is 7.11 Å². The molecule has 0 aliphatic carbocycles. The minimum atomic E-state index is -1.77. The third-order valence-corrected chi connectivity index (χ3v) is 3.20. The number of aryl methyl sites for hydroxylation is 1. The average molecular weight is 269 g/mol. The van der Waals surface area contributed by atoms with E-state index in [1.165, 1.54) is 19.2 Å². The second kappa shape index (κ2) is 6.18. The molecule has 18 heavy (non-hydrogen) atoms.